The third-order valence-electron chi connectivity index (χ3n) is 4.71. The van der Waals surface area contributed by atoms with Crippen molar-refractivity contribution in [3.8, 4) is 5.75 Å². The van der Waals surface area contributed by atoms with Crippen LogP contribution in [-0.4, -0.2) is 16.9 Å². The first-order chi connectivity index (χ1) is 12.7. The van der Waals surface area contributed by atoms with E-state index in [0.717, 1.165) is 30.0 Å². The highest BCUT2D eigenvalue weighted by Gasteiger charge is 2.28. The number of ether oxygens (including phenoxy) is 1. The maximum atomic E-state index is 13.1. The number of carbonyl (C=O) groups excluding carboxylic acids is 1. The summed E-state index contributed by atoms with van der Waals surface area (Å²) in [5.41, 5.74) is 5.64. The van der Waals surface area contributed by atoms with Crippen molar-refractivity contribution in [2.45, 2.75) is 32.4 Å². The van der Waals surface area contributed by atoms with E-state index < -0.39 is 0 Å². The first-order valence-electron chi connectivity index (χ1n) is 8.74. The Morgan fingerprint density at radius 1 is 1.23 bits per heavy atom. The van der Waals surface area contributed by atoms with Crippen LogP contribution in [0.1, 0.15) is 35.0 Å². The van der Waals surface area contributed by atoms with Crippen LogP contribution in [0.4, 0.5) is 5.69 Å². The van der Waals surface area contributed by atoms with Gasteiger partial charge in [-0.15, -0.1) is 11.3 Å². The Kier molecular flexibility index (Phi) is 4.71. The Balaban J connectivity index is 1.51. The van der Waals surface area contributed by atoms with Gasteiger partial charge in [-0.05, 0) is 55.7 Å². The van der Waals surface area contributed by atoms with E-state index in [0.29, 0.717) is 12.2 Å². The zero-order chi connectivity index (χ0) is 17.9. The second kappa shape index (κ2) is 7.30. The lowest BCUT2D eigenvalue weighted by molar-refractivity contribution is 0.0975. The topological polar surface area (TPSA) is 42.4 Å². The minimum absolute atomic E-state index is 0.0377. The number of thiazole rings is 1. The average Bonchev–Trinajstić information content (AvgIpc) is 3.20. The van der Waals surface area contributed by atoms with Gasteiger partial charge in [0.15, 0.2) is 0 Å². The van der Waals surface area contributed by atoms with Gasteiger partial charge < -0.3 is 9.64 Å². The lowest BCUT2D eigenvalue weighted by atomic mass is 9.96. The van der Waals surface area contributed by atoms with Crippen molar-refractivity contribution in [2.75, 3.05) is 4.90 Å². The van der Waals surface area contributed by atoms with E-state index >= 15 is 0 Å². The Labute approximate surface area is 157 Å². The number of anilines is 1. The van der Waals surface area contributed by atoms with Gasteiger partial charge in [0.2, 0.25) is 0 Å². The van der Waals surface area contributed by atoms with Gasteiger partial charge in [0, 0.05) is 22.7 Å². The first kappa shape index (κ1) is 16.8. The molecule has 3 aromatic rings. The minimum atomic E-state index is 0.0377. The standard InChI is InChI=1S/C21H20N2O2S/c1-15-6-7-16-4-2-3-5-20(16)23(15)21(24)17-8-10-19(11-9-17)25-12-18-13-26-14-22-18/h2-5,8-11,13-15H,6-7,12H2,1H3/t15-/m1/s1. The van der Waals surface area contributed by atoms with E-state index in [1.54, 1.807) is 16.8 Å². The maximum Gasteiger partial charge on any atom is 0.258 e. The van der Waals surface area contributed by atoms with Gasteiger partial charge in [0.1, 0.15) is 12.4 Å². The molecule has 0 fully saturated rings. The van der Waals surface area contributed by atoms with Crippen molar-refractivity contribution >= 4 is 22.9 Å². The van der Waals surface area contributed by atoms with E-state index in [1.807, 2.05) is 52.7 Å². The lowest BCUT2D eigenvalue weighted by Gasteiger charge is -2.35. The first-order valence-corrected chi connectivity index (χ1v) is 9.68. The molecule has 0 spiro atoms. The summed E-state index contributed by atoms with van der Waals surface area (Å²) in [6.45, 7) is 2.55. The van der Waals surface area contributed by atoms with Crippen LogP contribution in [0.2, 0.25) is 0 Å². The molecule has 1 aromatic heterocycles. The Morgan fingerprint density at radius 3 is 2.81 bits per heavy atom. The molecule has 132 valence electrons. The van der Waals surface area contributed by atoms with Crippen molar-refractivity contribution in [3.05, 3.63) is 76.2 Å². The van der Waals surface area contributed by atoms with Crippen LogP contribution in [0, 0.1) is 0 Å². The predicted octanol–water partition coefficient (Wildman–Crippen LogP) is 4.70. The summed E-state index contributed by atoms with van der Waals surface area (Å²) >= 11 is 1.55. The maximum absolute atomic E-state index is 13.1. The van der Waals surface area contributed by atoms with E-state index in [2.05, 4.69) is 18.0 Å². The Bertz CT molecular complexity index is 891. The zero-order valence-electron chi connectivity index (χ0n) is 14.6. The van der Waals surface area contributed by atoms with Gasteiger partial charge in [0.25, 0.3) is 5.91 Å². The molecule has 0 unspecified atom stereocenters. The molecule has 5 heteroatoms. The largest absolute Gasteiger partial charge is 0.487 e. The second-order valence-electron chi connectivity index (χ2n) is 6.48. The van der Waals surface area contributed by atoms with Crippen molar-refractivity contribution in [2.24, 2.45) is 0 Å². The van der Waals surface area contributed by atoms with Crippen molar-refractivity contribution in [3.63, 3.8) is 0 Å². The quantitative estimate of drug-likeness (QED) is 0.674. The van der Waals surface area contributed by atoms with Crippen LogP contribution < -0.4 is 9.64 Å². The summed E-state index contributed by atoms with van der Waals surface area (Å²) in [5, 5.41) is 1.97. The highest BCUT2D eigenvalue weighted by Crippen LogP contribution is 2.32. The second-order valence-corrected chi connectivity index (χ2v) is 7.20. The monoisotopic (exact) mass is 364 g/mol. The number of fused-ring (bicyclic) bond motifs is 1. The van der Waals surface area contributed by atoms with Gasteiger partial charge in [-0.1, -0.05) is 18.2 Å². The summed E-state index contributed by atoms with van der Waals surface area (Å²) in [7, 11) is 0. The average molecular weight is 364 g/mol. The summed E-state index contributed by atoms with van der Waals surface area (Å²) < 4.78 is 5.73. The third kappa shape index (κ3) is 3.35. The molecule has 1 amide bonds. The molecule has 0 saturated heterocycles. The van der Waals surface area contributed by atoms with Crippen molar-refractivity contribution < 1.29 is 9.53 Å². The Hall–Kier alpha value is -2.66. The van der Waals surface area contributed by atoms with Crippen LogP contribution in [-0.2, 0) is 13.0 Å². The number of aryl methyl sites for hydroxylation is 1. The molecule has 1 aliphatic heterocycles. The van der Waals surface area contributed by atoms with E-state index in [1.165, 1.54) is 5.56 Å². The Morgan fingerprint density at radius 2 is 2.04 bits per heavy atom. The number of amides is 1. The molecule has 0 aliphatic carbocycles. The SMILES string of the molecule is C[C@@H]1CCc2ccccc2N1C(=O)c1ccc(OCc2cscn2)cc1. The van der Waals surface area contributed by atoms with Crippen LogP contribution >= 0.6 is 11.3 Å². The van der Waals surface area contributed by atoms with Crippen molar-refractivity contribution in [1.82, 2.24) is 4.98 Å². The fourth-order valence-electron chi connectivity index (χ4n) is 3.30. The molecule has 4 nitrogen and oxygen atoms in total. The van der Waals surface area contributed by atoms with Gasteiger partial charge in [-0.3, -0.25) is 4.79 Å². The molecule has 26 heavy (non-hydrogen) atoms. The van der Waals surface area contributed by atoms with E-state index in [-0.39, 0.29) is 11.9 Å². The molecular formula is C21H20N2O2S. The van der Waals surface area contributed by atoms with Crippen LogP contribution in [0.25, 0.3) is 0 Å². The molecule has 4 rings (SSSR count). The highest BCUT2D eigenvalue weighted by molar-refractivity contribution is 7.07. The highest BCUT2D eigenvalue weighted by atomic mass is 32.1. The number of aromatic nitrogens is 1. The number of carbonyl (C=O) groups is 1. The number of hydrogen-bond donors (Lipinski definition) is 0. The number of nitrogens with zero attached hydrogens (tertiary/aromatic N) is 2. The summed E-state index contributed by atoms with van der Waals surface area (Å²) in [6, 6.07) is 15.7. The molecule has 2 heterocycles. The van der Waals surface area contributed by atoms with Gasteiger partial charge >= 0.3 is 0 Å². The molecule has 0 N–H and O–H groups in total. The smallest absolute Gasteiger partial charge is 0.258 e. The number of rotatable bonds is 4. The number of para-hydroxylation sites is 1. The molecule has 1 aliphatic rings. The number of benzene rings is 2. The van der Waals surface area contributed by atoms with E-state index in [9.17, 15) is 4.79 Å². The summed E-state index contributed by atoms with van der Waals surface area (Å²) in [5.74, 6) is 0.775. The summed E-state index contributed by atoms with van der Waals surface area (Å²) in [6.07, 6.45) is 2.00. The van der Waals surface area contributed by atoms with Crippen molar-refractivity contribution in [1.29, 1.82) is 0 Å². The molecule has 0 bridgehead atoms. The van der Waals surface area contributed by atoms with Gasteiger partial charge in [-0.25, -0.2) is 4.98 Å². The summed E-state index contributed by atoms with van der Waals surface area (Å²) in [4.78, 5) is 19.2. The molecule has 2 aromatic carbocycles. The third-order valence-corrected chi connectivity index (χ3v) is 5.35. The van der Waals surface area contributed by atoms with Crippen LogP contribution in [0.15, 0.2) is 59.4 Å². The predicted molar refractivity (Wildman–Crippen MR) is 104 cm³/mol. The fraction of sp³-hybridized carbons (Fsp3) is 0.238. The molecule has 0 saturated carbocycles. The fourth-order valence-corrected chi connectivity index (χ4v) is 3.84. The van der Waals surface area contributed by atoms with Gasteiger partial charge in [0.05, 0.1) is 11.2 Å². The minimum Gasteiger partial charge on any atom is -0.487 e. The molecule has 0 radical (unpaired) electrons. The lowest BCUT2D eigenvalue weighted by Crippen LogP contribution is -2.42. The number of hydrogen-bond acceptors (Lipinski definition) is 4. The van der Waals surface area contributed by atoms with Crippen LogP contribution in [0.3, 0.4) is 0 Å². The van der Waals surface area contributed by atoms with Crippen LogP contribution in [0.5, 0.6) is 5.75 Å². The van der Waals surface area contributed by atoms with E-state index in [4.69, 9.17) is 4.74 Å². The molecular weight excluding hydrogens is 344 g/mol. The van der Waals surface area contributed by atoms with Gasteiger partial charge in [-0.2, -0.15) is 0 Å². The normalized spacial score (nSPS) is 16.2. The zero-order valence-corrected chi connectivity index (χ0v) is 15.4. The molecule has 1 atom stereocenters.